The maximum atomic E-state index is 9.48. The topological polar surface area (TPSA) is 77.4 Å². The molecule has 0 amide bonds. The molecule has 1 aromatic carbocycles. The van der Waals surface area contributed by atoms with Gasteiger partial charge in [-0.05, 0) is 19.9 Å². The lowest BCUT2D eigenvalue weighted by molar-refractivity contribution is 0.401. The average Bonchev–Trinajstić information content (AvgIpc) is 2.51. The molecular formula is C11H9NO3. The zero-order chi connectivity index (χ0) is 11.2. The van der Waals surface area contributed by atoms with Crippen LogP contribution in [0.4, 0.5) is 0 Å². The monoisotopic (exact) mass is 203 g/mol. The third-order valence-electron chi connectivity index (χ3n) is 2.45. The molecule has 0 saturated carbocycles. The molecule has 4 nitrogen and oxygen atoms in total. The number of phenolic OH excluding ortho intramolecular Hbond substituents is 2. The summed E-state index contributed by atoms with van der Waals surface area (Å²) in [5.41, 5.74) is 1.28. The van der Waals surface area contributed by atoms with Gasteiger partial charge in [0.05, 0.1) is 0 Å². The highest BCUT2D eigenvalue weighted by Gasteiger charge is 2.17. The summed E-state index contributed by atoms with van der Waals surface area (Å²) in [7, 11) is 0. The van der Waals surface area contributed by atoms with E-state index in [0.717, 1.165) is 0 Å². The van der Waals surface area contributed by atoms with Gasteiger partial charge in [-0.25, -0.2) is 0 Å². The van der Waals surface area contributed by atoms with Crippen LogP contribution in [-0.4, -0.2) is 10.2 Å². The van der Waals surface area contributed by atoms with Gasteiger partial charge in [0, 0.05) is 10.9 Å². The van der Waals surface area contributed by atoms with Crippen molar-refractivity contribution in [3.05, 3.63) is 23.0 Å². The summed E-state index contributed by atoms with van der Waals surface area (Å²) in [4.78, 5) is 0. The quantitative estimate of drug-likeness (QED) is 0.644. The number of aryl methyl sites for hydroxylation is 2. The molecule has 0 saturated heterocycles. The number of aromatic hydroxyl groups is 2. The molecule has 0 aliphatic carbocycles. The zero-order valence-corrected chi connectivity index (χ0v) is 8.33. The summed E-state index contributed by atoms with van der Waals surface area (Å²) in [6, 6.07) is 3.35. The number of hydrogen-bond acceptors (Lipinski definition) is 4. The second-order valence-corrected chi connectivity index (χ2v) is 3.39. The minimum atomic E-state index is -0.239. The van der Waals surface area contributed by atoms with Crippen molar-refractivity contribution >= 4 is 11.0 Å². The highest BCUT2D eigenvalue weighted by Crippen LogP contribution is 2.38. The van der Waals surface area contributed by atoms with Crippen molar-refractivity contribution in [1.29, 1.82) is 5.26 Å². The number of rotatable bonds is 0. The molecule has 0 aliphatic rings. The van der Waals surface area contributed by atoms with Gasteiger partial charge in [-0.3, -0.25) is 0 Å². The van der Waals surface area contributed by atoms with E-state index in [1.807, 2.05) is 6.07 Å². The molecule has 0 spiro atoms. The molecule has 2 rings (SSSR count). The SMILES string of the molecule is Cc1oc2c(C)c(O)c(O)cc2c1C#N. The van der Waals surface area contributed by atoms with Gasteiger partial charge in [-0.2, -0.15) is 5.26 Å². The van der Waals surface area contributed by atoms with E-state index < -0.39 is 0 Å². The van der Waals surface area contributed by atoms with Crippen molar-refractivity contribution in [2.24, 2.45) is 0 Å². The summed E-state index contributed by atoms with van der Waals surface area (Å²) < 4.78 is 5.36. The molecule has 76 valence electrons. The molecule has 0 unspecified atom stereocenters. The third kappa shape index (κ3) is 1.13. The van der Waals surface area contributed by atoms with E-state index in [9.17, 15) is 10.2 Å². The Morgan fingerprint density at radius 1 is 1.33 bits per heavy atom. The molecule has 2 N–H and O–H groups in total. The second-order valence-electron chi connectivity index (χ2n) is 3.39. The number of furan rings is 1. The van der Waals surface area contributed by atoms with Gasteiger partial charge in [0.1, 0.15) is 23.0 Å². The van der Waals surface area contributed by atoms with Crippen molar-refractivity contribution in [1.82, 2.24) is 0 Å². The number of nitrogens with zero attached hydrogens (tertiary/aromatic N) is 1. The first-order valence-electron chi connectivity index (χ1n) is 4.41. The molecule has 0 radical (unpaired) electrons. The Kier molecular flexibility index (Phi) is 1.83. The van der Waals surface area contributed by atoms with Crippen molar-refractivity contribution in [3.63, 3.8) is 0 Å². The van der Waals surface area contributed by atoms with Gasteiger partial charge in [-0.1, -0.05) is 0 Å². The molecule has 1 heterocycles. The predicted octanol–water partition coefficient (Wildman–Crippen LogP) is 2.33. The summed E-state index contributed by atoms with van der Waals surface area (Å²) in [5, 5.41) is 28.3. The first-order valence-corrected chi connectivity index (χ1v) is 4.41. The smallest absolute Gasteiger partial charge is 0.164 e. The van der Waals surface area contributed by atoms with Crippen LogP contribution in [0, 0.1) is 25.2 Å². The number of hydrogen-bond donors (Lipinski definition) is 2. The number of fused-ring (bicyclic) bond motifs is 1. The highest BCUT2D eigenvalue weighted by molar-refractivity contribution is 5.90. The fraction of sp³-hybridized carbons (Fsp3) is 0.182. The number of benzene rings is 1. The first kappa shape index (κ1) is 9.41. The molecule has 0 atom stereocenters. The largest absolute Gasteiger partial charge is 0.504 e. The van der Waals surface area contributed by atoms with Crippen molar-refractivity contribution in [2.45, 2.75) is 13.8 Å². The Morgan fingerprint density at radius 2 is 2.00 bits per heavy atom. The highest BCUT2D eigenvalue weighted by atomic mass is 16.3. The van der Waals surface area contributed by atoms with Crippen LogP contribution in [0.2, 0.25) is 0 Å². The molecule has 15 heavy (non-hydrogen) atoms. The van der Waals surface area contributed by atoms with Crippen LogP contribution in [0.3, 0.4) is 0 Å². The fourth-order valence-electron chi connectivity index (χ4n) is 1.62. The third-order valence-corrected chi connectivity index (χ3v) is 2.45. The Bertz CT molecular complexity index is 590. The van der Waals surface area contributed by atoms with E-state index in [1.54, 1.807) is 13.8 Å². The van der Waals surface area contributed by atoms with Crippen LogP contribution in [0.15, 0.2) is 10.5 Å². The predicted molar refractivity (Wildman–Crippen MR) is 53.7 cm³/mol. The lowest BCUT2D eigenvalue weighted by atomic mass is 10.1. The van der Waals surface area contributed by atoms with E-state index in [0.29, 0.717) is 27.9 Å². The van der Waals surface area contributed by atoms with Crippen LogP contribution in [-0.2, 0) is 0 Å². The Hall–Kier alpha value is -2.15. The summed E-state index contributed by atoms with van der Waals surface area (Å²) in [6.45, 7) is 3.30. The van der Waals surface area contributed by atoms with Crippen LogP contribution < -0.4 is 0 Å². The standard InChI is InChI=1S/C11H9NO3/c1-5-10(14)9(13)3-7-8(4-12)6(2)15-11(5)7/h3,13-14H,1-2H3. The normalized spacial score (nSPS) is 10.5. The molecule has 0 fully saturated rings. The lowest BCUT2D eigenvalue weighted by Gasteiger charge is -2.01. The number of phenols is 2. The van der Waals surface area contributed by atoms with Gasteiger partial charge in [0.2, 0.25) is 0 Å². The lowest BCUT2D eigenvalue weighted by Crippen LogP contribution is -1.79. The zero-order valence-electron chi connectivity index (χ0n) is 8.33. The van der Waals surface area contributed by atoms with Gasteiger partial charge in [0.25, 0.3) is 0 Å². The fourth-order valence-corrected chi connectivity index (χ4v) is 1.62. The molecular weight excluding hydrogens is 194 g/mol. The molecule has 0 bridgehead atoms. The summed E-state index contributed by atoms with van der Waals surface area (Å²) >= 11 is 0. The van der Waals surface area contributed by atoms with Crippen molar-refractivity contribution in [3.8, 4) is 17.6 Å². The second kappa shape index (κ2) is 2.92. The van der Waals surface area contributed by atoms with Crippen LogP contribution in [0.5, 0.6) is 11.5 Å². The first-order chi connectivity index (χ1) is 7.06. The minimum absolute atomic E-state index is 0.208. The molecule has 2 aromatic rings. The van der Waals surface area contributed by atoms with Crippen LogP contribution in [0.25, 0.3) is 11.0 Å². The Balaban J connectivity index is 3.00. The van der Waals surface area contributed by atoms with E-state index in [1.165, 1.54) is 6.07 Å². The van der Waals surface area contributed by atoms with E-state index >= 15 is 0 Å². The summed E-state index contributed by atoms with van der Waals surface area (Å²) in [6.07, 6.45) is 0. The molecule has 0 aliphatic heterocycles. The Morgan fingerprint density at radius 3 is 2.60 bits per heavy atom. The Labute approximate surface area is 86.0 Å². The van der Waals surface area contributed by atoms with Gasteiger partial charge in [0.15, 0.2) is 11.5 Å². The van der Waals surface area contributed by atoms with E-state index in [-0.39, 0.29) is 11.5 Å². The van der Waals surface area contributed by atoms with E-state index in [2.05, 4.69) is 0 Å². The maximum absolute atomic E-state index is 9.48. The maximum Gasteiger partial charge on any atom is 0.164 e. The van der Waals surface area contributed by atoms with Crippen LogP contribution in [0.1, 0.15) is 16.9 Å². The number of nitriles is 1. The average molecular weight is 203 g/mol. The van der Waals surface area contributed by atoms with Gasteiger partial charge in [-0.15, -0.1) is 0 Å². The minimum Gasteiger partial charge on any atom is -0.504 e. The van der Waals surface area contributed by atoms with Gasteiger partial charge >= 0.3 is 0 Å². The van der Waals surface area contributed by atoms with Crippen molar-refractivity contribution < 1.29 is 14.6 Å². The van der Waals surface area contributed by atoms with Gasteiger partial charge < -0.3 is 14.6 Å². The summed E-state index contributed by atoms with van der Waals surface area (Å²) in [5.74, 6) is 0.0404. The van der Waals surface area contributed by atoms with Crippen LogP contribution >= 0.6 is 0 Å². The van der Waals surface area contributed by atoms with E-state index in [4.69, 9.17) is 9.68 Å². The molecule has 4 heteroatoms. The van der Waals surface area contributed by atoms with Crippen molar-refractivity contribution in [2.75, 3.05) is 0 Å². The molecule has 1 aromatic heterocycles.